The van der Waals surface area contributed by atoms with Gasteiger partial charge in [-0.05, 0) is 32.3 Å². The van der Waals surface area contributed by atoms with Gasteiger partial charge in [0, 0.05) is 31.1 Å². The summed E-state index contributed by atoms with van der Waals surface area (Å²) in [5, 5.41) is 11.1. The Balaban J connectivity index is 2.68. The van der Waals surface area contributed by atoms with Crippen LogP contribution in [-0.4, -0.2) is 133 Å². The summed E-state index contributed by atoms with van der Waals surface area (Å²) < 4.78 is 56.2. The molecule has 0 heterocycles. The Bertz CT molecular complexity index is 1410. The normalized spacial score (nSPS) is 12.2. The van der Waals surface area contributed by atoms with Crippen molar-refractivity contribution < 1.29 is 61.2 Å². The fraction of sp³-hybridized carbons (Fsp3) is 0.792. The molecule has 388 valence electrons. The van der Waals surface area contributed by atoms with Gasteiger partial charge in [0.1, 0.15) is 25.4 Å². The number of hydrogen-bond donors (Lipinski definition) is 4. The second-order valence-electron chi connectivity index (χ2n) is 16.0. The molecule has 0 fully saturated rings. The number of ether oxygens (including phenoxy) is 6. The van der Waals surface area contributed by atoms with E-state index >= 15 is 0 Å². The van der Waals surface area contributed by atoms with Crippen LogP contribution in [0.2, 0.25) is 0 Å². The molecule has 0 spiro atoms. The summed E-state index contributed by atoms with van der Waals surface area (Å²) in [6, 6.07) is 8.17. The molecule has 0 radical (unpaired) electrons. The SMILES string of the molecule is CCCCCCCCCCNC(=O)OC[C@H](CSC[C@H](NC(=O)OCc1ccccc1)C(=O)NCCOCCOCCOCCP(=O)(OCC)OCC)OC(=O)NCCCCCCCCCC. The van der Waals surface area contributed by atoms with Crippen molar-refractivity contribution >= 4 is 43.5 Å². The zero-order chi connectivity index (χ0) is 48.9. The highest BCUT2D eigenvalue weighted by Crippen LogP contribution is 2.47. The summed E-state index contributed by atoms with van der Waals surface area (Å²) in [4.78, 5) is 51.8. The van der Waals surface area contributed by atoms with Gasteiger partial charge in [-0.3, -0.25) is 9.36 Å². The fourth-order valence-electron chi connectivity index (χ4n) is 6.48. The lowest BCUT2D eigenvalue weighted by Crippen LogP contribution is -2.49. The fourth-order valence-corrected chi connectivity index (χ4v) is 8.99. The van der Waals surface area contributed by atoms with E-state index < -0.39 is 43.9 Å². The first kappa shape index (κ1) is 61.9. The van der Waals surface area contributed by atoms with Crippen LogP contribution in [0.5, 0.6) is 0 Å². The van der Waals surface area contributed by atoms with Crippen LogP contribution in [0.4, 0.5) is 14.4 Å². The predicted molar refractivity (Wildman–Crippen MR) is 265 cm³/mol. The maximum atomic E-state index is 13.4. The Morgan fingerprint density at radius 1 is 0.567 bits per heavy atom. The molecule has 0 bridgehead atoms. The third-order valence-electron chi connectivity index (χ3n) is 10.1. The molecule has 67 heavy (non-hydrogen) atoms. The number of rotatable bonds is 45. The monoisotopic (exact) mass is 991 g/mol. The molecule has 0 unspecified atom stereocenters. The topological polar surface area (TPSA) is 207 Å². The van der Waals surface area contributed by atoms with Crippen molar-refractivity contribution in [1.29, 1.82) is 0 Å². The molecule has 4 N–H and O–H groups in total. The molecular weight excluding hydrogens is 904 g/mol. The molecule has 2 atom stereocenters. The molecular formula is C48H87N4O13PS. The van der Waals surface area contributed by atoms with Crippen LogP contribution in [0, 0.1) is 0 Å². The lowest BCUT2D eigenvalue weighted by Gasteiger charge is -2.21. The molecule has 0 aromatic heterocycles. The molecule has 17 nitrogen and oxygen atoms in total. The highest BCUT2D eigenvalue weighted by atomic mass is 32.2. The van der Waals surface area contributed by atoms with Crippen LogP contribution < -0.4 is 21.3 Å². The molecule has 0 saturated heterocycles. The van der Waals surface area contributed by atoms with E-state index in [2.05, 4.69) is 35.1 Å². The average Bonchev–Trinajstić information content (AvgIpc) is 3.31. The number of alkyl carbamates (subject to hydrolysis) is 3. The molecule has 0 aliphatic heterocycles. The van der Waals surface area contributed by atoms with Crippen molar-refractivity contribution in [1.82, 2.24) is 21.3 Å². The number of unbranched alkanes of at least 4 members (excludes halogenated alkanes) is 14. The summed E-state index contributed by atoms with van der Waals surface area (Å²) >= 11 is 1.26. The van der Waals surface area contributed by atoms with Crippen LogP contribution in [0.15, 0.2) is 30.3 Å². The van der Waals surface area contributed by atoms with Crippen LogP contribution in [0.3, 0.4) is 0 Å². The van der Waals surface area contributed by atoms with E-state index in [1.165, 1.54) is 76.0 Å². The Morgan fingerprint density at radius 3 is 1.66 bits per heavy atom. The average molecular weight is 991 g/mol. The minimum Gasteiger partial charge on any atom is -0.446 e. The van der Waals surface area contributed by atoms with Crippen LogP contribution in [-0.2, 0) is 53.4 Å². The highest BCUT2D eigenvalue weighted by Gasteiger charge is 2.25. The third-order valence-corrected chi connectivity index (χ3v) is 13.3. The number of nitrogens with one attached hydrogen (secondary N) is 4. The van der Waals surface area contributed by atoms with Gasteiger partial charge in [0.15, 0.2) is 0 Å². The van der Waals surface area contributed by atoms with Crippen molar-refractivity contribution in [2.45, 2.75) is 149 Å². The zero-order valence-corrected chi connectivity index (χ0v) is 43.0. The minimum atomic E-state index is -3.15. The highest BCUT2D eigenvalue weighted by molar-refractivity contribution is 7.99. The van der Waals surface area contributed by atoms with Gasteiger partial charge >= 0.3 is 25.9 Å². The molecule has 0 aliphatic rings. The predicted octanol–water partition coefficient (Wildman–Crippen LogP) is 9.55. The number of thioether (sulfide) groups is 1. The summed E-state index contributed by atoms with van der Waals surface area (Å²) in [6.45, 7) is 11.0. The van der Waals surface area contributed by atoms with E-state index in [-0.39, 0.29) is 57.2 Å². The van der Waals surface area contributed by atoms with E-state index in [1.54, 1.807) is 13.8 Å². The summed E-state index contributed by atoms with van der Waals surface area (Å²) in [5.74, 6) is -0.185. The number of amides is 4. The summed E-state index contributed by atoms with van der Waals surface area (Å²) in [5.41, 5.74) is 0.788. The molecule has 0 saturated carbocycles. The van der Waals surface area contributed by atoms with E-state index in [0.717, 1.165) is 44.1 Å². The summed E-state index contributed by atoms with van der Waals surface area (Å²) in [7, 11) is -3.15. The van der Waals surface area contributed by atoms with Crippen molar-refractivity contribution in [3.8, 4) is 0 Å². The lowest BCUT2D eigenvalue weighted by atomic mass is 10.1. The minimum absolute atomic E-state index is 0.0164. The van der Waals surface area contributed by atoms with Crippen molar-refractivity contribution in [2.75, 3.05) is 96.8 Å². The van der Waals surface area contributed by atoms with Crippen LogP contribution >= 0.6 is 19.4 Å². The number of benzene rings is 1. The molecule has 0 aliphatic carbocycles. The van der Waals surface area contributed by atoms with Crippen LogP contribution in [0.25, 0.3) is 0 Å². The van der Waals surface area contributed by atoms with Gasteiger partial charge in [-0.1, -0.05) is 134 Å². The van der Waals surface area contributed by atoms with Gasteiger partial charge in [-0.2, -0.15) is 11.8 Å². The van der Waals surface area contributed by atoms with Gasteiger partial charge in [0.2, 0.25) is 5.91 Å². The lowest BCUT2D eigenvalue weighted by molar-refractivity contribution is -0.122. The molecule has 1 aromatic carbocycles. The number of carbonyl (C=O) groups is 4. The van der Waals surface area contributed by atoms with Crippen molar-refractivity contribution in [3.05, 3.63) is 35.9 Å². The van der Waals surface area contributed by atoms with Crippen molar-refractivity contribution in [3.63, 3.8) is 0 Å². The quantitative estimate of drug-likeness (QED) is 0.0273. The van der Waals surface area contributed by atoms with Gasteiger partial charge in [-0.15, -0.1) is 0 Å². The first-order chi connectivity index (χ1) is 32.7. The van der Waals surface area contributed by atoms with Gasteiger partial charge in [0.25, 0.3) is 0 Å². The van der Waals surface area contributed by atoms with E-state index in [1.807, 2.05) is 30.3 Å². The second-order valence-corrected chi connectivity index (χ2v) is 19.3. The zero-order valence-electron chi connectivity index (χ0n) is 41.3. The van der Waals surface area contributed by atoms with Crippen molar-refractivity contribution in [2.24, 2.45) is 0 Å². The smallest absolute Gasteiger partial charge is 0.408 e. The number of hydrogen-bond acceptors (Lipinski definition) is 14. The Morgan fingerprint density at radius 2 is 1.09 bits per heavy atom. The Labute approximate surface area is 406 Å². The number of carbonyl (C=O) groups excluding carboxylic acids is 4. The standard InChI is InChI=1S/C48H87N4O13PS/c1-5-9-11-13-15-17-19-24-28-50-46(54)62-39-43(65-47(55)51-29-25-20-18-16-14-12-10-6-2)40-67-41-44(52-48(56)61-38-42-26-22-21-23-27-42)45(53)49-30-31-58-32-33-59-34-35-60-36-37-66(57,63-7-3)64-8-4/h21-23,26-27,43-44H,5-20,24-25,28-41H2,1-4H3,(H,49,53)(H,50,54)(H,51,55)(H,52,56)/t43-,44+/m1/s1. The molecule has 4 amide bonds. The van der Waals surface area contributed by atoms with E-state index in [9.17, 15) is 23.7 Å². The third kappa shape index (κ3) is 37.5. The van der Waals surface area contributed by atoms with Gasteiger partial charge < -0.3 is 58.7 Å². The molecule has 1 aromatic rings. The maximum absolute atomic E-state index is 13.4. The van der Waals surface area contributed by atoms with E-state index in [4.69, 9.17) is 37.5 Å². The molecule has 1 rings (SSSR count). The van der Waals surface area contributed by atoms with E-state index in [0.29, 0.717) is 46.1 Å². The summed E-state index contributed by atoms with van der Waals surface area (Å²) in [6.07, 6.45) is 15.6. The molecule has 19 heteroatoms. The largest absolute Gasteiger partial charge is 0.446 e. The second kappa shape index (κ2) is 44.1. The maximum Gasteiger partial charge on any atom is 0.408 e. The Kier molecular flexibility index (Phi) is 40.8. The Hall–Kier alpha value is -3.12. The van der Waals surface area contributed by atoms with Gasteiger partial charge in [0.05, 0.1) is 59.0 Å². The van der Waals surface area contributed by atoms with Crippen LogP contribution in [0.1, 0.15) is 136 Å². The first-order valence-corrected chi connectivity index (χ1v) is 27.8. The first-order valence-electron chi connectivity index (χ1n) is 24.9. The van der Waals surface area contributed by atoms with Gasteiger partial charge in [-0.25, -0.2) is 14.4 Å².